The van der Waals surface area contributed by atoms with Gasteiger partial charge < -0.3 is 9.64 Å². The first-order chi connectivity index (χ1) is 11.0. The Hall–Kier alpha value is -1.90. The largest absolute Gasteiger partial charge is 0.490 e. The van der Waals surface area contributed by atoms with Crippen LogP contribution < -0.4 is 14.4 Å². The van der Waals surface area contributed by atoms with Crippen molar-refractivity contribution in [2.45, 2.75) is 18.4 Å². The summed E-state index contributed by atoms with van der Waals surface area (Å²) in [5.74, 6) is 0.374. The van der Waals surface area contributed by atoms with Crippen molar-refractivity contribution < 1.29 is 17.9 Å². The van der Waals surface area contributed by atoms with Crippen LogP contribution in [0.3, 0.4) is 0 Å². The normalized spacial score (nSPS) is 14.2. The summed E-state index contributed by atoms with van der Waals surface area (Å²) < 4.78 is 32.9. The van der Waals surface area contributed by atoms with Gasteiger partial charge in [-0.1, -0.05) is 6.07 Å². The minimum absolute atomic E-state index is 0.115. The van der Waals surface area contributed by atoms with Gasteiger partial charge in [0.2, 0.25) is 15.9 Å². The zero-order valence-corrected chi connectivity index (χ0v) is 14.1. The number of nitrogens with zero attached hydrogens (tertiary/aromatic N) is 1. The Balaban J connectivity index is 1.88. The molecule has 0 unspecified atom stereocenters. The molecular weight excluding hydrogens is 336 g/mol. The maximum atomic E-state index is 12.4. The standard InChI is InChI=1S/C15H16N2O4S2/c1-11(18)17-6-7-21-15-5-4-13(9-14(15)17)23(19,20)16-10-12-3-2-8-22-12/h2-5,8-9,16H,6-7,10H2,1H3. The molecule has 1 aliphatic rings. The van der Waals surface area contributed by atoms with Gasteiger partial charge in [0.15, 0.2) is 0 Å². The van der Waals surface area contributed by atoms with Crippen LogP contribution in [0.25, 0.3) is 0 Å². The van der Waals surface area contributed by atoms with Crippen LogP contribution in [0, 0.1) is 0 Å². The maximum Gasteiger partial charge on any atom is 0.240 e. The fourth-order valence-electron chi connectivity index (χ4n) is 2.35. The van der Waals surface area contributed by atoms with E-state index in [4.69, 9.17) is 4.74 Å². The first kappa shape index (κ1) is 16.0. The van der Waals surface area contributed by atoms with Crippen molar-refractivity contribution in [3.05, 3.63) is 40.6 Å². The Labute approximate surface area is 138 Å². The highest BCUT2D eigenvalue weighted by Crippen LogP contribution is 2.33. The predicted octanol–water partition coefficient (Wildman–Crippen LogP) is 1.97. The lowest BCUT2D eigenvalue weighted by Crippen LogP contribution is -2.36. The Morgan fingerprint density at radius 2 is 2.22 bits per heavy atom. The fourth-order valence-corrected chi connectivity index (χ4v) is 4.12. The van der Waals surface area contributed by atoms with Crippen molar-refractivity contribution in [1.29, 1.82) is 0 Å². The van der Waals surface area contributed by atoms with E-state index >= 15 is 0 Å². The third kappa shape index (κ3) is 3.39. The number of ether oxygens (including phenoxy) is 1. The van der Waals surface area contributed by atoms with Crippen LogP contribution in [0.4, 0.5) is 5.69 Å². The van der Waals surface area contributed by atoms with Gasteiger partial charge in [0, 0.05) is 18.3 Å². The Kier molecular flexibility index (Phi) is 4.38. The van der Waals surface area contributed by atoms with Crippen LogP contribution in [0.5, 0.6) is 5.75 Å². The molecule has 1 amide bonds. The molecule has 2 heterocycles. The van der Waals surface area contributed by atoms with Crippen LogP contribution in [-0.2, 0) is 21.4 Å². The number of benzene rings is 1. The Bertz CT molecular complexity index is 816. The van der Waals surface area contributed by atoms with Crippen LogP contribution >= 0.6 is 11.3 Å². The molecule has 0 saturated heterocycles. The molecule has 1 aromatic carbocycles. The minimum Gasteiger partial charge on any atom is -0.490 e. The highest BCUT2D eigenvalue weighted by Gasteiger charge is 2.24. The first-order valence-electron chi connectivity index (χ1n) is 7.04. The van der Waals surface area contributed by atoms with Gasteiger partial charge >= 0.3 is 0 Å². The number of carbonyl (C=O) groups excluding carboxylic acids is 1. The summed E-state index contributed by atoms with van der Waals surface area (Å²) in [6.07, 6.45) is 0. The third-order valence-corrected chi connectivity index (χ3v) is 5.78. The topological polar surface area (TPSA) is 75.7 Å². The number of rotatable bonds is 4. The second-order valence-electron chi connectivity index (χ2n) is 5.05. The Morgan fingerprint density at radius 1 is 1.39 bits per heavy atom. The fraction of sp³-hybridized carbons (Fsp3) is 0.267. The lowest BCUT2D eigenvalue weighted by molar-refractivity contribution is -0.116. The number of hydrogen-bond acceptors (Lipinski definition) is 5. The van der Waals surface area contributed by atoms with E-state index in [1.165, 1.54) is 35.3 Å². The van der Waals surface area contributed by atoms with Crippen LogP contribution in [0.1, 0.15) is 11.8 Å². The number of nitrogens with one attached hydrogen (secondary N) is 1. The number of sulfonamides is 1. The SMILES string of the molecule is CC(=O)N1CCOc2ccc(S(=O)(=O)NCc3cccs3)cc21. The van der Waals surface area contributed by atoms with E-state index in [-0.39, 0.29) is 17.3 Å². The quantitative estimate of drug-likeness (QED) is 0.913. The zero-order chi connectivity index (χ0) is 16.4. The van der Waals surface area contributed by atoms with E-state index in [0.717, 1.165) is 4.88 Å². The molecule has 1 aliphatic heterocycles. The lowest BCUT2D eigenvalue weighted by atomic mass is 10.2. The van der Waals surface area contributed by atoms with E-state index in [0.29, 0.717) is 24.6 Å². The second kappa shape index (κ2) is 6.31. The van der Waals surface area contributed by atoms with E-state index < -0.39 is 10.0 Å². The molecule has 3 rings (SSSR count). The van der Waals surface area contributed by atoms with Crippen LogP contribution in [-0.4, -0.2) is 27.5 Å². The van der Waals surface area contributed by atoms with Gasteiger partial charge in [-0.3, -0.25) is 4.79 Å². The van der Waals surface area contributed by atoms with Gasteiger partial charge in [0.1, 0.15) is 12.4 Å². The number of thiophene rings is 1. The summed E-state index contributed by atoms with van der Waals surface area (Å²) in [6, 6.07) is 8.29. The van der Waals surface area contributed by atoms with Crippen molar-refractivity contribution in [2.24, 2.45) is 0 Å². The Morgan fingerprint density at radius 3 is 2.91 bits per heavy atom. The van der Waals surface area contributed by atoms with Crippen molar-refractivity contribution in [2.75, 3.05) is 18.1 Å². The smallest absolute Gasteiger partial charge is 0.240 e. The summed E-state index contributed by atoms with van der Waals surface area (Å²) in [5, 5.41) is 1.89. The first-order valence-corrected chi connectivity index (χ1v) is 9.41. The van der Waals surface area contributed by atoms with Gasteiger partial charge in [-0.25, -0.2) is 13.1 Å². The summed E-state index contributed by atoms with van der Waals surface area (Å²) in [5.41, 5.74) is 0.489. The van der Waals surface area contributed by atoms with Crippen molar-refractivity contribution in [1.82, 2.24) is 4.72 Å². The van der Waals surface area contributed by atoms with Crippen molar-refractivity contribution >= 4 is 33.0 Å². The molecule has 122 valence electrons. The number of carbonyl (C=O) groups is 1. The molecule has 0 spiro atoms. The van der Waals surface area contributed by atoms with E-state index in [9.17, 15) is 13.2 Å². The van der Waals surface area contributed by atoms with E-state index in [2.05, 4.69) is 4.72 Å². The van der Waals surface area contributed by atoms with E-state index in [1.54, 1.807) is 6.07 Å². The third-order valence-electron chi connectivity index (χ3n) is 3.50. The molecule has 0 radical (unpaired) electrons. The molecule has 0 aliphatic carbocycles. The minimum atomic E-state index is -3.66. The molecule has 1 aromatic heterocycles. The number of amides is 1. The summed E-state index contributed by atoms with van der Waals surface area (Å²) in [7, 11) is -3.66. The van der Waals surface area contributed by atoms with Gasteiger partial charge in [-0.15, -0.1) is 11.3 Å². The second-order valence-corrected chi connectivity index (χ2v) is 7.85. The summed E-state index contributed by atoms with van der Waals surface area (Å²) in [4.78, 5) is 14.3. The number of fused-ring (bicyclic) bond motifs is 1. The van der Waals surface area contributed by atoms with Crippen LogP contribution in [0.2, 0.25) is 0 Å². The molecule has 2 aromatic rings. The molecule has 0 atom stereocenters. The summed E-state index contributed by atoms with van der Waals surface area (Å²) in [6.45, 7) is 2.50. The number of hydrogen-bond donors (Lipinski definition) is 1. The van der Waals surface area contributed by atoms with Crippen LogP contribution in [0.15, 0.2) is 40.6 Å². The monoisotopic (exact) mass is 352 g/mol. The van der Waals surface area contributed by atoms with Gasteiger partial charge in [-0.05, 0) is 29.6 Å². The average Bonchev–Trinajstić information content (AvgIpc) is 3.05. The average molecular weight is 352 g/mol. The lowest BCUT2D eigenvalue weighted by Gasteiger charge is -2.29. The van der Waals surface area contributed by atoms with Crippen molar-refractivity contribution in [3.8, 4) is 5.75 Å². The van der Waals surface area contributed by atoms with Crippen molar-refractivity contribution in [3.63, 3.8) is 0 Å². The van der Waals surface area contributed by atoms with E-state index in [1.807, 2.05) is 17.5 Å². The molecule has 1 N–H and O–H groups in total. The molecule has 0 fully saturated rings. The van der Waals surface area contributed by atoms with Gasteiger partial charge in [0.25, 0.3) is 0 Å². The number of anilines is 1. The summed E-state index contributed by atoms with van der Waals surface area (Å²) >= 11 is 1.49. The molecule has 6 nitrogen and oxygen atoms in total. The molecule has 8 heteroatoms. The maximum absolute atomic E-state index is 12.4. The molecule has 0 bridgehead atoms. The van der Waals surface area contributed by atoms with Gasteiger partial charge in [0.05, 0.1) is 17.1 Å². The highest BCUT2D eigenvalue weighted by molar-refractivity contribution is 7.89. The van der Waals surface area contributed by atoms with Gasteiger partial charge in [-0.2, -0.15) is 0 Å². The molecule has 23 heavy (non-hydrogen) atoms. The zero-order valence-electron chi connectivity index (χ0n) is 12.5. The molecule has 0 saturated carbocycles. The molecular formula is C15H16N2O4S2. The highest BCUT2D eigenvalue weighted by atomic mass is 32.2. The predicted molar refractivity (Wildman–Crippen MR) is 88.3 cm³/mol.